The van der Waals surface area contributed by atoms with Gasteiger partial charge in [-0.2, -0.15) is 5.10 Å². The number of fused-ring (bicyclic) bond motifs is 1. The fourth-order valence-corrected chi connectivity index (χ4v) is 2.90. The lowest BCUT2D eigenvalue weighted by molar-refractivity contribution is 0.102. The zero-order valence-electron chi connectivity index (χ0n) is 10.7. The number of nitrogens with zero attached hydrogens (tertiary/aromatic N) is 2. The maximum atomic E-state index is 12.4. The van der Waals surface area contributed by atoms with E-state index in [9.17, 15) is 4.79 Å². The standard InChI is InChI=1S/C13H11N5O2S/c14-11(18-20)8-5-15-17-12(8)16-13(19)9-6-21-10-4-2-1-3-7(9)10/h1-6,20H,(H2,14,18)(H2,15,16,17,19). The van der Waals surface area contributed by atoms with E-state index in [0.29, 0.717) is 11.1 Å². The molecule has 2 heterocycles. The smallest absolute Gasteiger partial charge is 0.258 e. The van der Waals surface area contributed by atoms with E-state index in [1.807, 2.05) is 24.3 Å². The Kier molecular flexibility index (Phi) is 3.28. The van der Waals surface area contributed by atoms with Crippen LogP contribution in [0.2, 0.25) is 0 Å². The van der Waals surface area contributed by atoms with Gasteiger partial charge in [-0.3, -0.25) is 9.89 Å². The molecule has 2 aromatic heterocycles. The SMILES string of the molecule is NC(=NO)c1cn[nH]c1NC(=O)c1csc2ccccc12. The molecular weight excluding hydrogens is 290 g/mol. The number of carbonyl (C=O) groups excluding carboxylic acids is 1. The van der Waals surface area contributed by atoms with E-state index in [-0.39, 0.29) is 17.6 Å². The quantitative estimate of drug-likeness (QED) is 0.256. The monoisotopic (exact) mass is 301 g/mol. The van der Waals surface area contributed by atoms with Crippen molar-refractivity contribution in [1.82, 2.24) is 10.2 Å². The van der Waals surface area contributed by atoms with Crippen LogP contribution in [0.5, 0.6) is 0 Å². The lowest BCUT2D eigenvalue weighted by atomic mass is 10.1. The van der Waals surface area contributed by atoms with Crippen LogP contribution in [0.25, 0.3) is 10.1 Å². The van der Waals surface area contributed by atoms with Crippen molar-refractivity contribution in [1.29, 1.82) is 0 Å². The molecule has 0 saturated heterocycles. The lowest BCUT2D eigenvalue weighted by Gasteiger charge is -2.04. The highest BCUT2D eigenvalue weighted by Gasteiger charge is 2.16. The van der Waals surface area contributed by atoms with E-state index in [0.717, 1.165) is 10.1 Å². The van der Waals surface area contributed by atoms with Crippen molar-refractivity contribution in [2.75, 3.05) is 5.32 Å². The molecule has 0 aliphatic heterocycles. The largest absolute Gasteiger partial charge is 0.409 e. The average molecular weight is 301 g/mol. The van der Waals surface area contributed by atoms with Gasteiger partial charge in [0.15, 0.2) is 5.84 Å². The predicted molar refractivity (Wildman–Crippen MR) is 80.9 cm³/mol. The first kappa shape index (κ1) is 13.1. The van der Waals surface area contributed by atoms with Crippen LogP contribution in [0.1, 0.15) is 15.9 Å². The molecule has 5 N–H and O–H groups in total. The van der Waals surface area contributed by atoms with Crippen LogP contribution >= 0.6 is 11.3 Å². The minimum Gasteiger partial charge on any atom is -0.409 e. The molecule has 7 nitrogen and oxygen atoms in total. The second kappa shape index (κ2) is 5.25. The van der Waals surface area contributed by atoms with Crippen molar-refractivity contribution in [2.24, 2.45) is 10.9 Å². The summed E-state index contributed by atoms with van der Waals surface area (Å²) in [5.41, 5.74) is 6.41. The van der Waals surface area contributed by atoms with Crippen LogP contribution in [-0.2, 0) is 0 Å². The predicted octanol–water partition coefficient (Wildman–Crippen LogP) is 1.97. The fraction of sp³-hybridized carbons (Fsp3) is 0. The highest BCUT2D eigenvalue weighted by atomic mass is 32.1. The molecule has 21 heavy (non-hydrogen) atoms. The van der Waals surface area contributed by atoms with Gasteiger partial charge in [-0.1, -0.05) is 23.4 Å². The Morgan fingerprint density at radius 2 is 2.19 bits per heavy atom. The second-order valence-corrected chi connectivity index (χ2v) is 5.15. The fourth-order valence-electron chi connectivity index (χ4n) is 1.96. The number of carbonyl (C=O) groups is 1. The van der Waals surface area contributed by atoms with E-state index in [1.54, 1.807) is 5.38 Å². The van der Waals surface area contributed by atoms with Gasteiger partial charge in [-0.15, -0.1) is 11.3 Å². The molecule has 8 heteroatoms. The molecule has 0 unspecified atom stereocenters. The number of amidine groups is 1. The number of hydrogen-bond acceptors (Lipinski definition) is 5. The molecule has 106 valence electrons. The minimum atomic E-state index is -0.288. The van der Waals surface area contributed by atoms with Crippen molar-refractivity contribution in [3.8, 4) is 0 Å². The van der Waals surface area contributed by atoms with Crippen molar-refractivity contribution in [2.45, 2.75) is 0 Å². The van der Waals surface area contributed by atoms with Crippen molar-refractivity contribution in [3.05, 3.63) is 47.0 Å². The summed E-state index contributed by atoms with van der Waals surface area (Å²) in [7, 11) is 0. The second-order valence-electron chi connectivity index (χ2n) is 4.24. The summed E-state index contributed by atoms with van der Waals surface area (Å²) in [6.07, 6.45) is 1.37. The van der Waals surface area contributed by atoms with Gasteiger partial charge in [0.25, 0.3) is 5.91 Å². The molecule has 1 amide bonds. The van der Waals surface area contributed by atoms with Gasteiger partial charge in [0.2, 0.25) is 0 Å². The Morgan fingerprint density at radius 3 is 3.00 bits per heavy atom. The third kappa shape index (κ3) is 2.32. The molecule has 0 aliphatic carbocycles. The van der Waals surface area contributed by atoms with E-state index in [1.165, 1.54) is 17.5 Å². The van der Waals surface area contributed by atoms with Crippen LogP contribution in [0.4, 0.5) is 5.82 Å². The summed E-state index contributed by atoms with van der Waals surface area (Å²) in [6.45, 7) is 0. The number of hydrogen-bond donors (Lipinski definition) is 4. The number of amides is 1. The number of rotatable bonds is 3. The molecule has 0 radical (unpaired) electrons. The van der Waals surface area contributed by atoms with Crippen molar-refractivity contribution >= 4 is 39.0 Å². The topological polar surface area (TPSA) is 116 Å². The third-order valence-electron chi connectivity index (χ3n) is 2.99. The van der Waals surface area contributed by atoms with Gasteiger partial charge in [-0.25, -0.2) is 0 Å². The van der Waals surface area contributed by atoms with Gasteiger partial charge in [-0.05, 0) is 6.07 Å². The summed E-state index contributed by atoms with van der Waals surface area (Å²) >= 11 is 1.49. The molecule has 3 rings (SSSR count). The number of H-pyrrole nitrogens is 1. The molecule has 1 aromatic carbocycles. The average Bonchev–Trinajstić information content (AvgIpc) is 3.12. The zero-order valence-corrected chi connectivity index (χ0v) is 11.5. The van der Waals surface area contributed by atoms with Crippen LogP contribution in [-0.4, -0.2) is 27.1 Å². The summed E-state index contributed by atoms with van der Waals surface area (Å²) in [5, 5.41) is 23.3. The van der Waals surface area contributed by atoms with Crippen molar-refractivity contribution < 1.29 is 10.0 Å². The molecule has 0 saturated carbocycles. The van der Waals surface area contributed by atoms with E-state index < -0.39 is 0 Å². The van der Waals surface area contributed by atoms with Crippen LogP contribution < -0.4 is 11.1 Å². The van der Waals surface area contributed by atoms with Crippen molar-refractivity contribution in [3.63, 3.8) is 0 Å². The zero-order chi connectivity index (χ0) is 14.8. The van der Waals surface area contributed by atoms with Crippen LogP contribution in [0.3, 0.4) is 0 Å². The van der Waals surface area contributed by atoms with Crippen LogP contribution in [0, 0.1) is 0 Å². The number of aromatic nitrogens is 2. The molecular formula is C13H11N5O2S. The maximum absolute atomic E-state index is 12.4. The Labute approximate surface area is 123 Å². The van der Waals surface area contributed by atoms with Gasteiger partial charge in [0.05, 0.1) is 17.3 Å². The number of thiophene rings is 1. The highest BCUT2D eigenvalue weighted by molar-refractivity contribution is 7.17. The summed E-state index contributed by atoms with van der Waals surface area (Å²) < 4.78 is 1.03. The van der Waals surface area contributed by atoms with Gasteiger partial charge in [0.1, 0.15) is 5.82 Å². The van der Waals surface area contributed by atoms with Gasteiger partial charge >= 0.3 is 0 Å². The normalized spacial score (nSPS) is 11.7. The molecule has 0 atom stereocenters. The van der Waals surface area contributed by atoms with E-state index in [4.69, 9.17) is 10.9 Å². The number of nitrogens with two attached hydrogens (primary N) is 1. The Hall–Kier alpha value is -2.87. The molecule has 3 aromatic rings. The Morgan fingerprint density at radius 1 is 1.38 bits per heavy atom. The molecule has 0 fully saturated rings. The summed E-state index contributed by atoms with van der Waals surface area (Å²) in [5.74, 6) is -0.136. The third-order valence-corrected chi connectivity index (χ3v) is 3.95. The van der Waals surface area contributed by atoms with E-state index in [2.05, 4.69) is 20.7 Å². The molecule has 0 aliphatic rings. The van der Waals surface area contributed by atoms with Gasteiger partial charge < -0.3 is 16.3 Å². The summed E-state index contributed by atoms with van der Waals surface area (Å²) in [4.78, 5) is 12.4. The van der Waals surface area contributed by atoms with Gasteiger partial charge in [0, 0.05) is 15.5 Å². The first-order valence-electron chi connectivity index (χ1n) is 5.99. The Balaban J connectivity index is 1.92. The lowest BCUT2D eigenvalue weighted by Crippen LogP contribution is -2.18. The molecule has 0 bridgehead atoms. The number of oxime groups is 1. The number of nitrogens with one attached hydrogen (secondary N) is 2. The number of anilines is 1. The first-order chi connectivity index (χ1) is 10.2. The Bertz CT molecular complexity index is 836. The highest BCUT2D eigenvalue weighted by Crippen LogP contribution is 2.26. The van der Waals surface area contributed by atoms with Crippen LogP contribution in [0.15, 0.2) is 41.0 Å². The minimum absolute atomic E-state index is 0.130. The van der Waals surface area contributed by atoms with E-state index >= 15 is 0 Å². The molecule has 0 spiro atoms. The first-order valence-corrected chi connectivity index (χ1v) is 6.87. The summed E-state index contributed by atoms with van der Waals surface area (Å²) in [6, 6.07) is 7.64. The number of aromatic amines is 1. The maximum Gasteiger partial charge on any atom is 0.258 e. The number of benzene rings is 1.